The number of aromatic nitrogens is 2. The number of nitrogens with zero attached hydrogens (tertiary/aromatic N) is 3. The van der Waals surface area contributed by atoms with Gasteiger partial charge in [-0.2, -0.15) is 0 Å². The number of rotatable bonds is 5. The Labute approximate surface area is 166 Å². The molecule has 1 aliphatic rings. The number of benzene rings is 1. The second-order valence-corrected chi connectivity index (χ2v) is 7.50. The van der Waals surface area contributed by atoms with Gasteiger partial charge in [-0.3, -0.25) is 9.59 Å². The van der Waals surface area contributed by atoms with E-state index in [-0.39, 0.29) is 17.7 Å². The second kappa shape index (κ2) is 8.95. The highest BCUT2D eigenvalue weighted by Crippen LogP contribution is 2.33. The molecule has 6 nitrogen and oxygen atoms in total. The van der Waals surface area contributed by atoms with Crippen LogP contribution in [0, 0.1) is 13.8 Å². The summed E-state index contributed by atoms with van der Waals surface area (Å²) >= 11 is 0. The Bertz CT molecular complexity index is 865. The summed E-state index contributed by atoms with van der Waals surface area (Å²) in [6, 6.07) is 8.36. The Morgan fingerprint density at radius 1 is 1.29 bits per heavy atom. The fourth-order valence-corrected chi connectivity index (χ4v) is 3.76. The van der Waals surface area contributed by atoms with Crippen LogP contribution in [0.3, 0.4) is 0 Å². The van der Waals surface area contributed by atoms with Crippen molar-refractivity contribution in [3.63, 3.8) is 0 Å². The van der Waals surface area contributed by atoms with Crippen LogP contribution in [0.4, 0.5) is 0 Å². The van der Waals surface area contributed by atoms with Crippen molar-refractivity contribution in [1.29, 1.82) is 0 Å². The third-order valence-electron chi connectivity index (χ3n) is 5.14. The molecule has 2 amide bonds. The van der Waals surface area contributed by atoms with E-state index in [2.05, 4.69) is 35.4 Å². The number of hydrogen-bond acceptors (Lipinski definition) is 4. The Hall–Kier alpha value is -2.76. The molecule has 0 aliphatic carbocycles. The second-order valence-electron chi connectivity index (χ2n) is 7.50. The molecular weight excluding hydrogens is 352 g/mol. The number of nitrogens with one attached hydrogen (secondary N) is 1. The predicted octanol–water partition coefficient (Wildman–Crippen LogP) is 2.99. The number of piperidine rings is 1. The van der Waals surface area contributed by atoms with E-state index in [0.717, 1.165) is 42.0 Å². The van der Waals surface area contributed by atoms with Crippen LogP contribution in [-0.4, -0.2) is 46.3 Å². The number of carbonyl (C=O) groups excluding carboxylic acids is 2. The molecule has 0 spiro atoms. The summed E-state index contributed by atoms with van der Waals surface area (Å²) in [6.07, 6.45) is 4.20. The molecule has 6 heteroatoms. The summed E-state index contributed by atoms with van der Waals surface area (Å²) in [5.74, 6) is 0.918. The van der Waals surface area contributed by atoms with Crippen LogP contribution in [0.1, 0.15) is 49.2 Å². The zero-order valence-corrected chi connectivity index (χ0v) is 16.9. The normalized spacial score (nSPS) is 16.7. The van der Waals surface area contributed by atoms with Gasteiger partial charge >= 0.3 is 0 Å². The van der Waals surface area contributed by atoms with E-state index in [1.54, 1.807) is 0 Å². The van der Waals surface area contributed by atoms with Gasteiger partial charge in [0, 0.05) is 50.7 Å². The fraction of sp³-hybridized carbons (Fsp3) is 0.455. The van der Waals surface area contributed by atoms with E-state index in [4.69, 9.17) is 4.98 Å². The van der Waals surface area contributed by atoms with Gasteiger partial charge in [0.25, 0.3) is 0 Å². The van der Waals surface area contributed by atoms with E-state index < -0.39 is 0 Å². The van der Waals surface area contributed by atoms with E-state index in [1.165, 1.54) is 12.5 Å². The molecule has 2 heterocycles. The highest BCUT2D eigenvalue weighted by Gasteiger charge is 2.27. The number of hydrogen-bond donors (Lipinski definition) is 1. The number of likely N-dealkylation sites (tertiary alicyclic amines) is 1. The van der Waals surface area contributed by atoms with Gasteiger partial charge in [-0.1, -0.05) is 29.8 Å². The number of aryl methyl sites for hydroxylation is 2. The average Bonchev–Trinajstić information content (AvgIpc) is 2.67. The van der Waals surface area contributed by atoms with E-state index in [9.17, 15) is 9.59 Å². The summed E-state index contributed by atoms with van der Waals surface area (Å²) in [5, 5.41) is 2.69. The summed E-state index contributed by atoms with van der Waals surface area (Å²) in [5.41, 5.74) is 4.39. The Balaban J connectivity index is 1.80. The molecule has 1 N–H and O–H groups in total. The molecule has 1 saturated heterocycles. The summed E-state index contributed by atoms with van der Waals surface area (Å²) in [4.78, 5) is 34.7. The molecule has 3 rings (SSSR count). The molecule has 2 aromatic rings. The lowest BCUT2D eigenvalue weighted by atomic mass is 9.89. The van der Waals surface area contributed by atoms with Crippen LogP contribution in [0.2, 0.25) is 0 Å². The van der Waals surface area contributed by atoms with Gasteiger partial charge < -0.3 is 10.2 Å². The Morgan fingerprint density at radius 3 is 2.86 bits per heavy atom. The predicted molar refractivity (Wildman–Crippen MR) is 109 cm³/mol. The Morgan fingerprint density at radius 2 is 2.11 bits per heavy atom. The lowest BCUT2D eigenvalue weighted by Gasteiger charge is -2.33. The maximum Gasteiger partial charge on any atom is 0.224 e. The summed E-state index contributed by atoms with van der Waals surface area (Å²) in [6.45, 7) is 7.26. The molecule has 0 bridgehead atoms. The maximum absolute atomic E-state index is 12.6. The molecule has 28 heavy (non-hydrogen) atoms. The van der Waals surface area contributed by atoms with E-state index in [0.29, 0.717) is 19.5 Å². The minimum atomic E-state index is -0.108. The van der Waals surface area contributed by atoms with Crippen molar-refractivity contribution in [2.24, 2.45) is 0 Å². The molecule has 1 aliphatic heterocycles. The molecular formula is C22H28N4O2. The first kappa shape index (κ1) is 20.0. The molecule has 1 aromatic heterocycles. The van der Waals surface area contributed by atoms with E-state index >= 15 is 0 Å². The van der Waals surface area contributed by atoms with Gasteiger partial charge in [-0.05, 0) is 32.3 Å². The minimum Gasteiger partial charge on any atom is -0.356 e. The molecule has 0 unspecified atom stereocenters. The molecule has 1 aromatic carbocycles. The molecule has 1 fully saturated rings. The fourth-order valence-electron chi connectivity index (χ4n) is 3.76. The van der Waals surface area contributed by atoms with Crippen molar-refractivity contribution in [2.75, 3.05) is 19.6 Å². The molecule has 1 atom stereocenters. The highest BCUT2D eigenvalue weighted by molar-refractivity contribution is 5.78. The number of amides is 2. The van der Waals surface area contributed by atoms with Crippen molar-refractivity contribution in [1.82, 2.24) is 20.2 Å². The first-order chi connectivity index (χ1) is 13.4. The minimum absolute atomic E-state index is 0.0846. The summed E-state index contributed by atoms with van der Waals surface area (Å²) < 4.78 is 0. The molecule has 0 radical (unpaired) electrons. The van der Waals surface area contributed by atoms with Crippen LogP contribution >= 0.6 is 0 Å². The zero-order valence-electron chi connectivity index (χ0n) is 16.9. The third kappa shape index (κ3) is 4.94. The SMILES string of the molecule is CC(=O)NCCC(=O)N1CCC[C@@H](c2nc(C)ncc2-c2cccc(C)c2)C1. The van der Waals surface area contributed by atoms with Crippen molar-refractivity contribution in [3.8, 4) is 11.1 Å². The van der Waals surface area contributed by atoms with Gasteiger partial charge in [0.2, 0.25) is 11.8 Å². The maximum atomic E-state index is 12.6. The van der Waals surface area contributed by atoms with Gasteiger partial charge in [0.15, 0.2) is 0 Å². The standard InChI is InChI=1S/C22H28N4O2/c1-15-6-4-7-18(12-15)20-13-24-16(2)25-22(20)19-8-5-11-26(14-19)21(28)9-10-23-17(3)27/h4,6-7,12-13,19H,5,8-11,14H2,1-3H3,(H,23,27)/t19-/m1/s1. The monoisotopic (exact) mass is 380 g/mol. The number of carbonyl (C=O) groups is 2. The third-order valence-corrected chi connectivity index (χ3v) is 5.14. The van der Waals surface area contributed by atoms with Crippen molar-refractivity contribution >= 4 is 11.8 Å². The van der Waals surface area contributed by atoms with Crippen LogP contribution in [0.15, 0.2) is 30.5 Å². The molecule has 148 valence electrons. The first-order valence-corrected chi connectivity index (χ1v) is 9.87. The smallest absolute Gasteiger partial charge is 0.224 e. The lowest BCUT2D eigenvalue weighted by Crippen LogP contribution is -2.40. The van der Waals surface area contributed by atoms with Crippen molar-refractivity contribution in [2.45, 2.75) is 46.0 Å². The van der Waals surface area contributed by atoms with Crippen LogP contribution in [0.25, 0.3) is 11.1 Å². The largest absolute Gasteiger partial charge is 0.356 e. The van der Waals surface area contributed by atoms with Gasteiger partial charge in [-0.15, -0.1) is 0 Å². The van der Waals surface area contributed by atoms with Crippen molar-refractivity contribution in [3.05, 3.63) is 47.5 Å². The Kier molecular flexibility index (Phi) is 6.39. The van der Waals surface area contributed by atoms with Gasteiger partial charge in [0.05, 0.1) is 5.69 Å². The average molecular weight is 380 g/mol. The molecule has 0 saturated carbocycles. The summed E-state index contributed by atoms with van der Waals surface area (Å²) in [7, 11) is 0. The lowest BCUT2D eigenvalue weighted by molar-refractivity contribution is -0.132. The van der Waals surface area contributed by atoms with Crippen molar-refractivity contribution < 1.29 is 9.59 Å². The van der Waals surface area contributed by atoms with Crippen LogP contribution < -0.4 is 5.32 Å². The van der Waals surface area contributed by atoms with Gasteiger partial charge in [0.1, 0.15) is 5.82 Å². The quantitative estimate of drug-likeness (QED) is 0.865. The zero-order chi connectivity index (χ0) is 20.1. The van der Waals surface area contributed by atoms with Crippen LogP contribution in [0.5, 0.6) is 0 Å². The highest BCUT2D eigenvalue weighted by atomic mass is 16.2. The first-order valence-electron chi connectivity index (χ1n) is 9.87. The topological polar surface area (TPSA) is 75.2 Å². The van der Waals surface area contributed by atoms with Gasteiger partial charge in [-0.25, -0.2) is 9.97 Å². The van der Waals surface area contributed by atoms with E-state index in [1.807, 2.05) is 24.1 Å². The van der Waals surface area contributed by atoms with Crippen LogP contribution in [-0.2, 0) is 9.59 Å².